The Morgan fingerprint density at radius 2 is 1.81 bits per heavy atom. The number of hydrogen-bond acceptors (Lipinski definition) is 4. The minimum atomic E-state index is -0.493. The zero-order valence-electron chi connectivity index (χ0n) is 18.6. The number of nitrogens with zero attached hydrogens (tertiary/aromatic N) is 1. The van der Waals surface area contributed by atoms with Crippen LogP contribution in [0.1, 0.15) is 43.4 Å². The van der Waals surface area contributed by atoms with Crippen molar-refractivity contribution in [1.82, 2.24) is 10.2 Å². The third-order valence-corrected chi connectivity index (χ3v) is 5.57. The normalized spacial score (nSPS) is 13.4. The summed E-state index contributed by atoms with van der Waals surface area (Å²) in [6, 6.07) is 13.3. The lowest BCUT2D eigenvalue weighted by Crippen LogP contribution is -2.49. The second kappa shape index (κ2) is 10.8. The first kappa shape index (κ1) is 22.7. The Hall–Kier alpha value is -3.02. The number of fused-ring (bicyclic) bond motifs is 1. The molecule has 166 valence electrons. The molecule has 0 spiro atoms. The van der Waals surface area contributed by atoms with E-state index >= 15 is 0 Å². The highest BCUT2D eigenvalue weighted by Crippen LogP contribution is 2.31. The van der Waals surface area contributed by atoms with Crippen molar-refractivity contribution < 1.29 is 19.1 Å². The summed E-state index contributed by atoms with van der Waals surface area (Å²) in [6.07, 6.45) is 1.46. The summed E-state index contributed by atoms with van der Waals surface area (Å²) < 4.78 is 11.2. The highest BCUT2D eigenvalue weighted by atomic mass is 16.6. The number of carbonyl (C=O) groups is 2. The van der Waals surface area contributed by atoms with Gasteiger partial charge in [0.1, 0.15) is 19.3 Å². The predicted octanol–water partition coefficient (Wildman–Crippen LogP) is 3.64. The molecule has 0 saturated carbocycles. The SMILES string of the molecule is CCNC(=O)[C@@H](CC)N(Cc1ccccc1C)C(=O)CCc1ccc2c(c1)OCCO2. The van der Waals surface area contributed by atoms with Crippen molar-refractivity contribution in [3.05, 3.63) is 59.2 Å². The highest BCUT2D eigenvalue weighted by molar-refractivity contribution is 5.87. The van der Waals surface area contributed by atoms with Crippen molar-refractivity contribution >= 4 is 11.8 Å². The van der Waals surface area contributed by atoms with Gasteiger partial charge in [0.05, 0.1) is 0 Å². The van der Waals surface area contributed by atoms with E-state index in [0.717, 1.165) is 28.2 Å². The van der Waals surface area contributed by atoms with Crippen LogP contribution in [0.3, 0.4) is 0 Å². The van der Waals surface area contributed by atoms with Crippen LogP contribution < -0.4 is 14.8 Å². The molecule has 0 radical (unpaired) electrons. The van der Waals surface area contributed by atoms with Gasteiger partial charge in [-0.3, -0.25) is 9.59 Å². The number of ether oxygens (including phenoxy) is 2. The van der Waals surface area contributed by atoms with Crippen molar-refractivity contribution in [2.45, 2.75) is 52.6 Å². The van der Waals surface area contributed by atoms with Gasteiger partial charge >= 0.3 is 0 Å². The van der Waals surface area contributed by atoms with Crippen molar-refractivity contribution in [2.75, 3.05) is 19.8 Å². The molecule has 31 heavy (non-hydrogen) atoms. The van der Waals surface area contributed by atoms with Crippen LogP contribution in [0.2, 0.25) is 0 Å². The molecular formula is C25H32N2O4. The van der Waals surface area contributed by atoms with Gasteiger partial charge in [-0.25, -0.2) is 0 Å². The second-order valence-corrected chi connectivity index (χ2v) is 7.74. The molecule has 0 saturated heterocycles. The fourth-order valence-corrected chi connectivity index (χ4v) is 3.82. The Labute approximate surface area is 184 Å². The molecule has 1 N–H and O–H groups in total. The van der Waals surface area contributed by atoms with E-state index in [1.807, 2.05) is 63.2 Å². The summed E-state index contributed by atoms with van der Waals surface area (Å²) in [5.74, 6) is 1.33. The van der Waals surface area contributed by atoms with Crippen LogP contribution in [0, 0.1) is 6.92 Å². The van der Waals surface area contributed by atoms with Gasteiger partial charge in [0, 0.05) is 19.5 Å². The number of nitrogens with one attached hydrogen (secondary N) is 1. The molecule has 0 bridgehead atoms. The predicted molar refractivity (Wildman–Crippen MR) is 120 cm³/mol. The van der Waals surface area contributed by atoms with E-state index < -0.39 is 6.04 Å². The lowest BCUT2D eigenvalue weighted by molar-refractivity contribution is -0.141. The number of benzene rings is 2. The van der Waals surface area contributed by atoms with Crippen LogP contribution in [-0.2, 0) is 22.6 Å². The minimum Gasteiger partial charge on any atom is -0.486 e. The van der Waals surface area contributed by atoms with Crippen LogP contribution in [0.25, 0.3) is 0 Å². The van der Waals surface area contributed by atoms with Gasteiger partial charge in [-0.2, -0.15) is 0 Å². The molecule has 0 aliphatic carbocycles. The van der Waals surface area contributed by atoms with E-state index in [9.17, 15) is 9.59 Å². The summed E-state index contributed by atoms with van der Waals surface area (Å²) in [6.45, 7) is 7.90. The Bertz CT molecular complexity index is 912. The van der Waals surface area contributed by atoms with Gasteiger partial charge in [-0.1, -0.05) is 37.3 Å². The van der Waals surface area contributed by atoms with Crippen LogP contribution in [0.15, 0.2) is 42.5 Å². The molecule has 1 atom stereocenters. The van der Waals surface area contributed by atoms with Crippen LogP contribution >= 0.6 is 0 Å². The van der Waals surface area contributed by atoms with Crippen LogP contribution in [-0.4, -0.2) is 42.5 Å². The van der Waals surface area contributed by atoms with E-state index in [1.165, 1.54) is 0 Å². The first-order valence-corrected chi connectivity index (χ1v) is 11.0. The molecule has 0 unspecified atom stereocenters. The zero-order chi connectivity index (χ0) is 22.2. The zero-order valence-corrected chi connectivity index (χ0v) is 18.6. The van der Waals surface area contributed by atoms with Gasteiger partial charge in [0.2, 0.25) is 11.8 Å². The first-order valence-electron chi connectivity index (χ1n) is 11.0. The summed E-state index contributed by atoms with van der Waals surface area (Å²) in [5.41, 5.74) is 3.18. The summed E-state index contributed by atoms with van der Waals surface area (Å²) in [4.78, 5) is 27.7. The quantitative estimate of drug-likeness (QED) is 0.667. The van der Waals surface area contributed by atoms with Gasteiger partial charge in [-0.05, 0) is 55.5 Å². The number of rotatable bonds is 9. The van der Waals surface area contributed by atoms with E-state index in [2.05, 4.69) is 5.32 Å². The molecule has 2 amide bonds. The molecule has 1 aliphatic rings. The van der Waals surface area contributed by atoms with Gasteiger partial charge in [0.15, 0.2) is 11.5 Å². The Kier molecular flexibility index (Phi) is 7.93. The largest absolute Gasteiger partial charge is 0.486 e. The fraction of sp³-hybridized carbons (Fsp3) is 0.440. The third kappa shape index (κ3) is 5.78. The Morgan fingerprint density at radius 1 is 1.06 bits per heavy atom. The van der Waals surface area contributed by atoms with E-state index in [0.29, 0.717) is 45.6 Å². The maximum Gasteiger partial charge on any atom is 0.242 e. The number of carbonyl (C=O) groups excluding carboxylic acids is 2. The van der Waals surface area contributed by atoms with Gasteiger partial charge in [0.25, 0.3) is 0 Å². The number of hydrogen-bond donors (Lipinski definition) is 1. The average Bonchev–Trinajstić information content (AvgIpc) is 2.78. The Balaban J connectivity index is 1.76. The minimum absolute atomic E-state index is 0.0313. The molecule has 0 aromatic heterocycles. The van der Waals surface area contributed by atoms with Crippen molar-refractivity contribution in [3.8, 4) is 11.5 Å². The molecular weight excluding hydrogens is 392 g/mol. The smallest absolute Gasteiger partial charge is 0.242 e. The van der Waals surface area contributed by atoms with Gasteiger partial charge < -0.3 is 19.7 Å². The first-order chi connectivity index (χ1) is 15.0. The maximum absolute atomic E-state index is 13.3. The fourth-order valence-electron chi connectivity index (χ4n) is 3.82. The Morgan fingerprint density at radius 3 is 2.52 bits per heavy atom. The van der Waals surface area contributed by atoms with Crippen molar-refractivity contribution in [1.29, 1.82) is 0 Å². The number of likely N-dealkylation sites (N-methyl/N-ethyl adjacent to an activating group) is 1. The van der Waals surface area contributed by atoms with E-state index in [1.54, 1.807) is 4.90 Å². The molecule has 6 heteroatoms. The lowest BCUT2D eigenvalue weighted by Gasteiger charge is -2.31. The van der Waals surface area contributed by atoms with E-state index in [-0.39, 0.29) is 11.8 Å². The molecule has 1 aliphatic heterocycles. The van der Waals surface area contributed by atoms with E-state index in [4.69, 9.17) is 9.47 Å². The molecule has 1 heterocycles. The summed E-state index contributed by atoms with van der Waals surface area (Å²) in [7, 11) is 0. The number of amides is 2. The molecule has 0 fully saturated rings. The summed E-state index contributed by atoms with van der Waals surface area (Å²) >= 11 is 0. The molecule has 2 aromatic carbocycles. The molecule has 6 nitrogen and oxygen atoms in total. The van der Waals surface area contributed by atoms with Gasteiger partial charge in [-0.15, -0.1) is 0 Å². The topological polar surface area (TPSA) is 67.9 Å². The highest BCUT2D eigenvalue weighted by Gasteiger charge is 2.28. The van der Waals surface area contributed by atoms with Crippen LogP contribution in [0.5, 0.6) is 11.5 Å². The third-order valence-electron chi connectivity index (χ3n) is 5.57. The monoisotopic (exact) mass is 424 g/mol. The maximum atomic E-state index is 13.3. The lowest BCUT2D eigenvalue weighted by atomic mass is 10.0. The number of aryl methyl sites for hydroxylation is 2. The summed E-state index contributed by atoms with van der Waals surface area (Å²) in [5, 5.41) is 2.88. The average molecular weight is 425 g/mol. The van der Waals surface area contributed by atoms with Crippen molar-refractivity contribution in [2.24, 2.45) is 0 Å². The molecule has 3 rings (SSSR count). The van der Waals surface area contributed by atoms with Crippen molar-refractivity contribution in [3.63, 3.8) is 0 Å². The van der Waals surface area contributed by atoms with Crippen LogP contribution in [0.4, 0.5) is 0 Å². The standard InChI is InChI=1S/C25H32N2O4/c1-4-21(25(29)26-5-2)27(17-20-9-7-6-8-18(20)3)24(28)13-11-19-10-12-22-23(16-19)31-15-14-30-22/h6-10,12,16,21H,4-5,11,13-15,17H2,1-3H3,(H,26,29)/t21-/m1/s1. The second-order valence-electron chi connectivity index (χ2n) is 7.74. The molecule has 2 aromatic rings.